The number of rotatable bonds is 5. The van der Waals surface area contributed by atoms with Gasteiger partial charge in [-0.25, -0.2) is 4.98 Å². The molecule has 1 heterocycles. The van der Waals surface area contributed by atoms with Crippen LogP contribution in [0, 0.1) is 30.9 Å². The van der Waals surface area contributed by atoms with Crippen molar-refractivity contribution in [3.8, 4) is 21.7 Å². The molecule has 1 aromatic heterocycles. The molecular weight excluding hydrogens is 422 g/mol. The first-order valence-electron chi connectivity index (χ1n) is 10.0. The fraction of sp³-hybridized carbons (Fsp3) is 0.120. The largest absolute Gasteiger partial charge is 0.298 e. The molecule has 4 rings (SSSR count). The van der Waals surface area contributed by atoms with E-state index in [0.29, 0.717) is 16.4 Å². The van der Waals surface area contributed by atoms with Crippen LogP contribution < -0.4 is 5.32 Å². The molecular formula is C25H21N3O3S. The standard InChI is InChI=1S/C25H21N3O3S/c1-15-5-4-6-19(14-15)24(29)27-25-26-22(18-8-10-20(11-9-18)28(30)31)23(32-25)21-12-7-16(2)13-17(21)3/h4-14H,1-3H3,(H,26,27,29). The van der Waals surface area contributed by atoms with E-state index in [0.717, 1.165) is 32.7 Å². The minimum Gasteiger partial charge on any atom is -0.298 e. The Bertz CT molecular complexity index is 1330. The number of aromatic nitrogens is 1. The van der Waals surface area contributed by atoms with Crippen molar-refractivity contribution in [2.75, 3.05) is 5.32 Å². The van der Waals surface area contributed by atoms with E-state index in [-0.39, 0.29) is 11.6 Å². The van der Waals surface area contributed by atoms with Crippen molar-refractivity contribution in [3.63, 3.8) is 0 Å². The molecule has 0 saturated carbocycles. The van der Waals surface area contributed by atoms with Crippen LogP contribution in [0.1, 0.15) is 27.0 Å². The highest BCUT2D eigenvalue weighted by molar-refractivity contribution is 7.19. The number of non-ortho nitro benzene ring substituents is 1. The van der Waals surface area contributed by atoms with Gasteiger partial charge in [0.05, 0.1) is 15.5 Å². The lowest BCUT2D eigenvalue weighted by molar-refractivity contribution is -0.384. The number of nitro benzene ring substituents is 1. The number of hydrogen-bond donors (Lipinski definition) is 1. The van der Waals surface area contributed by atoms with Gasteiger partial charge >= 0.3 is 0 Å². The predicted octanol–water partition coefficient (Wildman–Crippen LogP) is 6.56. The Morgan fingerprint density at radius 3 is 2.34 bits per heavy atom. The molecule has 32 heavy (non-hydrogen) atoms. The summed E-state index contributed by atoms with van der Waals surface area (Å²) in [5.74, 6) is -0.232. The van der Waals surface area contributed by atoms with Gasteiger partial charge in [-0.3, -0.25) is 20.2 Å². The number of benzene rings is 3. The number of nitro groups is 1. The summed E-state index contributed by atoms with van der Waals surface area (Å²) < 4.78 is 0. The van der Waals surface area contributed by atoms with Crippen molar-refractivity contribution in [3.05, 3.63) is 99.1 Å². The van der Waals surface area contributed by atoms with Crippen LogP contribution in [0.15, 0.2) is 66.7 Å². The summed E-state index contributed by atoms with van der Waals surface area (Å²) in [7, 11) is 0. The fourth-order valence-corrected chi connectivity index (χ4v) is 4.59. The van der Waals surface area contributed by atoms with Gasteiger partial charge in [-0.1, -0.05) is 52.8 Å². The van der Waals surface area contributed by atoms with Crippen LogP contribution >= 0.6 is 11.3 Å². The Labute approximate surface area is 189 Å². The number of amides is 1. The van der Waals surface area contributed by atoms with Gasteiger partial charge in [0.2, 0.25) is 0 Å². The Kier molecular flexibility index (Phi) is 5.83. The summed E-state index contributed by atoms with van der Waals surface area (Å²) in [5.41, 5.74) is 6.26. The number of carbonyl (C=O) groups is 1. The van der Waals surface area contributed by atoms with Crippen LogP contribution in [0.5, 0.6) is 0 Å². The average Bonchev–Trinajstić information content (AvgIpc) is 3.17. The average molecular weight is 444 g/mol. The summed E-state index contributed by atoms with van der Waals surface area (Å²) in [5, 5.41) is 14.4. The maximum atomic E-state index is 12.8. The van der Waals surface area contributed by atoms with Crippen molar-refractivity contribution in [1.82, 2.24) is 4.98 Å². The Hall–Kier alpha value is -3.84. The van der Waals surface area contributed by atoms with Gasteiger partial charge < -0.3 is 0 Å². The SMILES string of the molecule is Cc1cccc(C(=O)Nc2nc(-c3ccc([N+](=O)[O-])cc3)c(-c3ccc(C)cc3C)s2)c1. The minimum absolute atomic E-state index is 0.0185. The van der Waals surface area contributed by atoms with Crippen LogP contribution in [0.25, 0.3) is 21.7 Å². The fourth-order valence-electron chi connectivity index (χ4n) is 3.52. The highest BCUT2D eigenvalue weighted by Crippen LogP contribution is 2.41. The van der Waals surface area contributed by atoms with Crippen LogP contribution in [0.2, 0.25) is 0 Å². The molecule has 160 valence electrons. The predicted molar refractivity (Wildman–Crippen MR) is 128 cm³/mol. The highest BCUT2D eigenvalue weighted by atomic mass is 32.1. The van der Waals surface area contributed by atoms with Crippen LogP contribution in [-0.4, -0.2) is 15.8 Å². The van der Waals surface area contributed by atoms with Crippen LogP contribution in [0.4, 0.5) is 10.8 Å². The maximum Gasteiger partial charge on any atom is 0.269 e. The van der Waals surface area contributed by atoms with Crippen molar-refractivity contribution in [2.45, 2.75) is 20.8 Å². The van der Waals surface area contributed by atoms with E-state index in [1.807, 2.05) is 51.1 Å². The molecule has 1 N–H and O–H groups in total. The van der Waals surface area contributed by atoms with E-state index in [1.54, 1.807) is 18.2 Å². The first kappa shape index (κ1) is 21.4. The van der Waals surface area contributed by atoms with Gasteiger partial charge in [-0.2, -0.15) is 0 Å². The lowest BCUT2D eigenvalue weighted by Crippen LogP contribution is -2.11. The summed E-state index contributed by atoms with van der Waals surface area (Å²) >= 11 is 1.39. The smallest absolute Gasteiger partial charge is 0.269 e. The van der Waals surface area contributed by atoms with E-state index < -0.39 is 4.92 Å². The molecule has 0 aliphatic carbocycles. The summed E-state index contributed by atoms with van der Waals surface area (Å²) in [6.07, 6.45) is 0. The molecule has 0 bridgehead atoms. The molecule has 0 aliphatic rings. The van der Waals surface area contributed by atoms with Crippen molar-refractivity contribution < 1.29 is 9.72 Å². The van der Waals surface area contributed by atoms with Crippen LogP contribution in [0.3, 0.4) is 0 Å². The van der Waals surface area contributed by atoms with Gasteiger partial charge in [0.25, 0.3) is 11.6 Å². The molecule has 0 fully saturated rings. The van der Waals surface area contributed by atoms with Gasteiger partial charge in [-0.15, -0.1) is 0 Å². The number of anilines is 1. The lowest BCUT2D eigenvalue weighted by atomic mass is 10.0. The monoisotopic (exact) mass is 443 g/mol. The second kappa shape index (κ2) is 8.72. The van der Waals surface area contributed by atoms with Crippen LogP contribution in [-0.2, 0) is 0 Å². The Morgan fingerprint density at radius 2 is 1.69 bits per heavy atom. The van der Waals surface area contributed by atoms with Gasteiger partial charge in [0.15, 0.2) is 5.13 Å². The van der Waals surface area contributed by atoms with E-state index in [9.17, 15) is 14.9 Å². The zero-order valence-corrected chi connectivity index (χ0v) is 18.7. The summed E-state index contributed by atoms with van der Waals surface area (Å²) in [4.78, 5) is 29.0. The molecule has 0 radical (unpaired) electrons. The summed E-state index contributed by atoms with van der Waals surface area (Å²) in [6.45, 7) is 6.01. The molecule has 6 nitrogen and oxygen atoms in total. The van der Waals surface area contributed by atoms with Crippen molar-refractivity contribution in [2.24, 2.45) is 0 Å². The molecule has 0 unspecified atom stereocenters. The zero-order valence-electron chi connectivity index (χ0n) is 17.9. The lowest BCUT2D eigenvalue weighted by Gasteiger charge is -2.07. The number of hydrogen-bond acceptors (Lipinski definition) is 5. The van der Waals surface area contributed by atoms with Gasteiger partial charge in [-0.05, 0) is 56.2 Å². The van der Waals surface area contributed by atoms with Gasteiger partial charge in [0.1, 0.15) is 0 Å². The van der Waals surface area contributed by atoms with Crippen molar-refractivity contribution >= 4 is 28.1 Å². The minimum atomic E-state index is -0.427. The van der Waals surface area contributed by atoms with E-state index >= 15 is 0 Å². The molecule has 0 aliphatic heterocycles. The Morgan fingerprint density at radius 1 is 0.969 bits per heavy atom. The quantitative estimate of drug-likeness (QED) is 0.279. The van der Waals surface area contributed by atoms with E-state index in [2.05, 4.69) is 11.4 Å². The second-order valence-corrected chi connectivity index (χ2v) is 8.64. The molecule has 4 aromatic rings. The number of nitrogens with zero attached hydrogens (tertiary/aromatic N) is 2. The van der Waals surface area contributed by atoms with Gasteiger partial charge in [0, 0.05) is 23.3 Å². The topological polar surface area (TPSA) is 85.1 Å². The summed E-state index contributed by atoms with van der Waals surface area (Å²) in [6, 6.07) is 19.8. The second-order valence-electron chi connectivity index (χ2n) is 7.64. The third-order valence-electron chi connectivity index (χ3n) is 5.11. The first-order valence-corrected chi connectivity index (χ1v) is 10.8. The molecule has 1 amide bonds. The normalized spacial score (nSPS) is 10.7. The molecule has 0 saturated heterocycles. The Balaban J connectivity index is 1.77. The first-order chi connectivity index (χ1) is 15.3. The number of carbonyl (C=O) groups excluding carboxylic acids is 1. The molecule has 3 aromatic carbocycles. The molecule has 0 spiro atoms. The zero-order chi connectivity index (χ0) is 22.8. The third kappa shape index (κ3) is 4.43. The number of aryl methyl sites for hydroxylation is 3. The maximum absolute atomic E-state index is 12.8. The highest BCUT2D eigenvalue weighted by Gasteiger charge is 2.19. The number of thiazole rings is 1. The third-order valence-corrected chi connectivity index (χ3v) is 6.11. The van der Waals surface area contributed by atoms with E-state index in [1.165, 1.54) is 23.5 Å². The van der Waals surface area contributed by atoms with Crippen molar-refractivity contribution in [1.29, 1.82) is 0 Å². The molecule has 7 heteroatoms. The van der Waals surface area contributed by atoms with E-state index in [4.69, 9.17) is 4.98 Å². The molecule has 0 atom stereocenters. The number of nitrogens with one attached hydrogen (secondary N) is 1.